The molecule has 0 radical (unpaired) electrons. The van der Waals surface area contributed by atoms with Crippen molar-refractivity contribution in [2.45, 2.75) is 71.9 Å². The number of hydrogen-bond acceptors (Lipinski definition) is 3. The number of likely N-dealkylation sites (tertiary alicyclic amines) is 1. The molecule has 1 amide bonds. The van der Waals surface area contributed by atoms with Crippen molar-refractivity contribution in [3.8, 4) is 5.75 Å². The highest BCUT2D eigenvalue weighted by molar-refractivity contribution is 5.94. The molecule has 2 aromatic rings. The Kier molecular flexibility index (Phi) is 8.14. The Morgan fingerprint density at radius 2 is 1.65 bits per heavy atom. The lowest BCUT2D eigenvalue weighted by atomic mass is 9.93. The second-order valence-electron chi connectivity index (χ2n) is 9.19. The van der Waals surface area contributed by atoms with Crippen molar-refractivity contribution >= 4 is 5.91 Å². The molecule has 1 aliphatic rings. The Balaban J connectivity index is 1.66. The number of rotatable bonds is 7. The maximum absolute atomic E-state index is 12.9. The smallest absolute Gasteiger partial charge is 0.251 e. The summed E-state index contributed by atoms with van der Waals surface area (Å²) in [6.45, 7) is 11.8. The molecule has 1 atom stereocenters. The van der Waals surface area contributed by atoms with Crippen LogP contribution in [0.5, 0.6) is 5.75 Å². The highest BCUT2D eigenvalue weighted by Gasteiger charge is 2.18. The van der Waals surface area contributed by atoms with E-state index in [2.05, 4.69) is 55.3 Å². The molecule has 1 saturated heterocycles. The lowest BCUT2D eigenvalue weighted by molar-refractivity contribution is 0.0940. The van der Waals surface area contributed by atoms with E-state index >= 15 is 0 Å². The number of carbonyl (C=O) groups excluding carboxylic acids is 1. The summed E-state index contributed by atoms with van der Waals surface area (Å²) in [6.07, 6.45) is 5.28. The standard InChI is InChI=1S/C27H38N2O2/c1-19(2)24-17-25(20(3)16-26(24)31-5)21(4)28-27(30)23-12-10-22(11-13-23)18-29-14-8-6-7-9-15-29/h10-13,16-17,19,21H,6-9,14-15,18H2,1-5H3,(H,28,30). The van der Waals surface area contributed by atoms with Gasteiger partial charge in [-0.1, -0.05) is 38.8 Å². The van der Waals surface area contributed by atoms with Crippen LogP contribution in [0.25, 0.3) is 0 Å². The summed E-state index contributed by atoms with van der Waals surface area (Å²) in [5.41, 5.74) is 5.42. The number of aryl methyl sites for hydroxylation is 1. The Hall–Kier alpha value is -2.33. The fraction of sp³-hybridized carbons (Fsp3) is 0.519. The van der Waals surface area contributed by atoms with E-state index in [0.717, 1.165) is 23.4 Å². The minimum Gasteiger partial charge on any atom is -0.496 e. The SMILES string of the molecule is COc1cc(C)c(C(C)NC(=O)c2ccc(CN3CCCCCC3)cc2)cc1C(C)C. The zero-order valence-electron chi connectivity index (χ0n) is 19.8. The second kappa shape index (κ2) is 10.8. The van der Waals surface area contributed by atoms with Crippen LogP contribution >= 0.6 is 0 Å². The lowest BCUT2D eigenvalue weighted by Crippen LogP contribution is -2.27. The van der Waals surface area contributed by atoms with Crippen LogP contribution < -0.4 is 10.1 Å². The van der Waals surface area contributed by atoms with E-state index in [1.165, 1.54) is 49.9 Å². The zero-order valence-corrected chi connectivity index (χ0v) is 19.8. The van der Waals surface area contributed by atoms with Crippen LogP contribution in [0.4, 0.5) is 0 Å². The first kappa shape index (κ1) is 23.3. The number of nitrogens with one attached hydrogen (secondary N) is 1. The quantitative estimate of drug-likeness (QED) is 0.595. The number of hydrogen-bond donors (Lipinski definition) is 1. The van der Waals surface area contributed by atoms with Gasteiger partial charge in [0, 0.05) is 12.1 Å². The van der Waals surface area contributed by atoms with Gasteiger partial charge < -0.3 is 10.1 Å². The molecule has 1 heterocycles. The number of methoxy groups -OCH3 is 1. The van der Waals surface area contributed by atoms with Crippen molar-refractivity contribution in [1.82, 2.24) is 10.2 Å². The molecule has 0 aromatic heterocycles. The van der Waals surface area contributed by atoms with Gasteiger partial charge >= 0.3 is 0 Å². The normalized spacial score (nSPS) is 16.1. The Bertz CT molecular complexity index is 866. The number of nitrogens with zero attached hydrogens (tertiary/aromatic N) is 1. The van der Waals surface area contributed by atoms with Crippen LogP contribution in [0.3, 0.4) is 0 Å². The van der Waals surface area contributed by atoms with Crippen molar-refractivity contribution in [2.75, 3.05) is 20.2 Å². The molecule has 31 heavy (non-hydrogen) atoms. The minimum atomic E-state index is -0.0762. The first-order chi connectivity index (χ1) is 14.9. The molecule has 3 rings (SSSR count). The summed E-state index contributed by atoms with van der Waals surface area (Å²) in [5.74, 6) is 1.24. The number of benzene rings is 2. The molecule has 1 N–H and O–H groups in total. The van der Waals surface area contributed by atoms with Crippen molar-refractivity contribution in [2.24, 2.45) is 0 Å². The molecular formula is C27H38N2O2. The van der Waals surface area contributed by atoms with Gasteiger partial charge in [0.2, 0.25) is 0 Å². The number of carbonyl (C=O) groups is 1. The van der Waals surface area contributed by atoms with E-state index in [9.17, 15) is 4.79 Å². The molecule has 0 spiro atoms. The predicted molar refractivity (Wildman–Crippen MR) is 128 cm³/mol. The van der Waals surface area contributed by atoms with E-state index in [1.54, 1.807) is 7.11 Å². The number of amides is 1. The maximum atomic E-state index is 12.9. The van der Waals surface area contributed by atoms with Gasteiger partial charge in [0.05, 0.1) is 13.2 Å². The van der Waals surface area contributed by atoms with E-state index < -0.39 is 0 Å². The summed E-state index contributed by atoms with van der Waals surface area (Å²) in [5, 5.41) is 3.18. The van der Waals surface area contributed by atoms with Gasteiger partial charge in [0.1, 0.15) is 5.75 Å². The van der Waals surface area contributed by atoms with Gasteiger partial charge in [-0.15, -0.1) is 0 Å². The van der Waals surface area contributed by atoms with Gasteiger partial charge in [-0.05, 0) is 92.2 Å². The summed E-state index contributed by atoms with van der Waals surface area (Å²) < 4.78 is 5.55. The highest BCUT2D eigenvalue weighted by atomic mass is 16.5. The fourth-order valence-corrected chi connectivity index (χ4v) is 4.48. The fourth-order valence-electron chi connectivity index (χ4n) is 4.48. The molecule has 4 nitrogen and oxygen atoms in total. The average molecular weight is 423 g/mol. The van der Waals surface area contributed by atoms with E-state index in [4.69, 9.17) is 4.74 Å². The van der Waals surface area contributed by atoms with Crippen molar-refractivity contribution < 1.29 is 9.53 Å². The third-order valence-electron chi connectivity index (χ3n) is 6.38. The van der Waals surface area contributed by atoms with Crippen LogP contribution in [0, 0.1) is 6.92 Å². The summed E-state index contributed by atoms with van der Waals surface area (Å²) in [6, 6.07) is 12.3. The van der Waals surface area contributed by atoms with E-state index in [0.29, 0.717) is 11.5 Å². The van der Waals surface area contributed by atoms with Crippen molar-refractivity contribution in [3.05, 3.63) is 64.2 Å². The first-order valence-corrected chi connectivity index (χ1v) is 11.7. The monoisotopic (exact) mass is 422 g/mol. The lowest BCUT2D eigenvalue weighted by Gasteiger charge is -2.21. The van der Waals surface area contributed by atoms with Crippen LogP contribution in [0.2, 0.25) is 0 Å². The molecule has 0 aliphatic carbocycles. The first-order valence-electron chi connectivity index (χ1n) is 11.7. The number of ether oxygens (including phenoxy) is 1. The average Bonchev–Trinajstić information content (AvgIpc) is 3.02. The largest absolute Gasteiger partial charge is 0.496 e. The Morgan fingerprint density at radius 1 is 1.00 bits per heavy atom. The summed E-state index contributed by atoms with van der Waals surface area (Å²) in [4.78, 5) is 15.4. The third-order valence-corrected chi connectivity index (χ3v) is 6.38. The third kappa shape index (κ3) is 6.10. The van der Waals surface area contributed by atoms with Gasteiger partial charge in [0.15, 0.2) is 0 Å². The molecule has 2 aromatic carbocycles. The Morgan fingerprint density at radius 3 is 2.23 bits per heavy atom. The van der Waals surface area contributed by atoms with Gasteiger partial charge in [0.25, 0.3) is 5.91 Å². The van der Waals surface area contributed by atoms with Crippen LogP contribution in [-0.2, 0) is 6.54 Å². The molecule has 1 aliphatic heterocycles. The predicted octanol–water partition coefficient (Wildman–Crippen LogP) is 5.99. The molecule has 1 unspecified atom stereocenters. The molecule has 0 bridgehead atoms. The minimum absolute atomic E-state index is 0.0323. The van der Waals surface area contributed by atoms with E-state index in [-0.39, 0.29) is 11.9 Å². The summed E-state index contributed by atoms with van der Waals surface area (Å²) >= 11 is 0. The van der Waals surface area contributed by atoms with Crippen molar-refractivity contribution in [3.63, 3.8) is 0 Å². The van der Waals surface area contributed by atoms with Crippen LogP contribution in [0.1, 0.15) is 91.0 Å². The maximum Gasteiger partial charge on any atom is 0.251 e. The molecule has 0 saturated carbocycles. The zero-order chi connectivity index (χ0) is 22.4. The van der Waals surface area contributed by atoms with Gasteiger partial charge in [-0.3, -0.25) is 9.69 Å². The molecule has 1 fully saturated rings. The van der Waals surface area contributed by atoms with Gasteiger partial charge in [-0.2, -0.15) is 0 Å². The van der Waals surface area contributed by atoms with E-state index in [1.807, 2.05) is 19.1 Å². The van der Waals surface area contributed by atoms with Crippen molar-refractivity contribution in [1.29, 1.82) is 0 Å². The summed E-state index contributed by atoms with van der Waals surface area (Å²) in [7, 11) is 1.71. The molecule has 4 heteroatoms. The Labute approximate surface area is 188 Å². The topological polar surface area (TPSA) is 41.6 Å². The molecular weight excluding hydrogens is 384 g/mol. The highest BCUT2D eigenvalue weighted by Crippen LogP contribution is 2.32. The van der Waals surface area contributed by atoms with Crippen LogP contribution in [-0.4, -0.2) is 31.0 Å². The molecule has 168 valence electrons. The second-order valence-corrected chi connectivity index (χ2v) is 9.19. The van der Waals surface area contributed by atoms with Gasteiger partial charge in [-0.25, -0.2) is 0 Å². The van der Waals surface area contributed by atoms with Crippen LogP contribution in [0.15, 0.2) is 36.4 Å².